The number of hydrogen-bond acceptors (Lipinski definition) is 6. The molecule has 118 valence electrons. The van der Waals surface area contributed by atoms with Crippen LogP contribution in [0.1, 0.15) is 17.0 Å². The van der Waals surface area contributed by atoms with Gasteiger partial charge in [-0.3, -0.25) is 4.98 Å². The molecule has 0 N–H and O–H groups in total. The minimum atomic E-state index is 0.304. The van der Waals surface area contributed by atoms with Crippen LogP contribution in [0.2, 0.25) is 0 Å². The van der Waals surface area contributed by atoms with Crippen molar-refractivity contribution in [3.8, 4) is 22.9 Å². The van der Waals surface area contributed by atoms with Crippen LogP contribution in [0.15, 0.2) is 41.2 Å². The minimum Gasteiger partial charge on any atom is -0.497 e. The number of hydrogen-bond donors (Lipinski definition) is 0. The topological polar surface area (TPSA) is 70.3 Å². The van der Waals surface area contributed by atoms with E-state index in [2.05, 4.69) is 15.1 Å². The quantitative estimate of drug-likeness (QED) is 0.720. The van der Waals surface area contributed by atoms with Gasteiger partial charge in [0.1, 0.15) is 23.8 Å². The predicted octanol–water partition coefficient (Wildman–Crippen LogP) is 3.34. The van der Waals surface area contributed by atoms with Crippen LogP contribution in [-0.2, 0) is 6.61 Å². The lowest BCUT2D eigenvalue weighted by atomic mass is 10.1. The molecule has 3 aromatic rings. The van der Waals surface area contributed by atoms with Gasteiger partial charge in [0.25, 0.3) is 0 Å². The van der Waals surface area contributed by atoms with Crippen molar-refractivity contribution in [3.05, 3.63) is 53.7 Å². The van der Waals surface area contributed by atoms with Gasteiger partial charge in [0.2, 0.25) is 5.88 Å². The smallest absolute Gasteiger partial charge is 0.217 e. The second kappa shape index (κ2) is 6.48. The maximum Gasteiger partial charge on any atom is 0.217 e. The highest BCUT2D eigenvalue weighted by Crippen LogP contribution is 2.26. The van der Waals surface area contributed by atoms with Gasteiger partial charge in [-0.25, -0.2) is 4.98 Å². The number of aryl methyl sites for hydroxylation is 2. The Morgan fingerprint density at radius 1 is 1.13 bits per heavy atom. The Morgan fingerprint density at radius 3 is 2.74 bits per heavy atom. The molecule has 23 heavy (non-hydrogen) atoms. The first kappa shape index (κ1) is 15.0. The fourth-order valence-electron chi connectivity index (χ4n) is 2.14. The predicted molar refractivity (Wildman–Crippen MR) is 84.3 cm³/mol. The van der Waals surface area contributed by atoms with Gasteiger partial charge in [-0.2, -0.15) is 0 Å². The largest absolute Gasteiger partial charge is 0.497 e. The van der Waals surface area contributed by atoms with Crippen molar-refractivity contribution >= 4 is 0 Å². The van der Waals surface area contributed by atoms with Gasteiger partial charge >= 0.3 is 0 Å². The molecule has 0 saturated carbocycles. The number of methoxy groups -OCH3 is 1. The van der Waals surface area contributed by atoms with E-state index in [1.807, 2.05) is 26.0 Å². The van der Waals surface area contributed by atoms with Crippen LogP contribution in [0.4, 0.5) is 0 Å². The van der Waals surface area contributed by atoms with Gasteiger partial charge in [-0.15, -0.1) is 0 Å². The Kier molecular flexibility index (Phi) is 4.23. The first-order chi connectivity index (χ1) is 11.2. The van der Waals surface area contributed by atoms with Crippen molar-refractivity contribution in [2.24, 2.45) is 0 Å². The van der Waals surface area contributed by atoms with Gasteiger partial charge in [-0.05, 0) is 32.0 Å². The number of rotatable bonds is 5. The van der Waals surface area contributed by atoms with E-state index in [0.717, 1.165) is 22.5 Å². The monoisotopic (exact) mass is 311 g/mol. The van der Waals surface area contributed by atoms with E-state index in [9.17, 15) is 0 Å². The molecule has 0 amide bonds. The van der Waals surface area contributed by atoms with Crippen molar-refractivity contribution < 1.29 is 14.0 Å². The maximum atomic E-state index is 5.75. The lowest BCUT2D eigenvalue weighted by Crippen LogP contribution is -2.00. The summed E-state index contributed by atoms with van der Waals surface area (Å²) in [5.74, 6) is 1.89. The molecule has 6 nitrogen and oxygen atoms in total. The standard InChI is InChI=1S/C17H17N3O3/c1-11-4-5-13(9-19-11)17-15(12(2)23-20-17)10-22-16-8-14(21-3)6-7-18-16/h4-9H,10H2,1-3H3. The fraction of sp³-hybridized carbons (Fsp3) is 0.235. The highest BCUT2D eigenvalue weighted by molar-refractivity contribution is 5.62. The summed E-state index contributed by atoms with van der Waals surface area (Å²) in [4.78, 5) is 8.46. The number of nitrogens with zero attached hydrogens (tertiary/aromatic N) is 3. The molecule has 0 fully saturated rings. The second-order valence-electron chi connectivity index (χ2n) is 5.08. The van der Waals surface area contributed by atoms with E-state index >= 15 is 0 Å². The zero-order valence-electron chi connectivity index (χ0n) is 13.2. The molecule has 3 aromatic heterocycles. The summed E-state index contributed by atoms with van der Waals surface area (Å²) >= 11 is 0. The number of ether oxygens (including phenoxy) is 2. The third kappa shape index (κ3) is 3.31. The Balaban J connectivity index is 1.82. The highest BCUT2D eigenvalue weighted by atomic mass is 16.5. The zero-order valence-corrected chi connectivity index (χ0v) is 13.2. The Hall–Kier alpha value is -2.89. The summed E-state index contributed by atoms with van der Waals surface area (Å²) in [6.45, 7) is 4.10. The Bertz CT molecular complexity index is 797. The molecule has 6 heteroatoms. The van der Waals surface area contributed by atoms with Crippen molar-refractivity contribution in [1.82, 2.24) is 15.1 Å². The van der Waals surface area contributed by atoms with Crippen LogP contribution in [-0.4, -0.2) is 22.2 Å². The van der Waals surface area contributed by atoms with Crippen LogP contribution >= 0.6 is 0 Å². The summed E-state index contributed by atoms with van der Waals surface area (Å²) in [5, 5.41) is 4.12. The molecule has 0 aliphatic rings. The van der Waals surface area contributed by atoms with Crippen molar-refractivity contribution in [1.29, 1.82) is 0 Å². The molecule has 3 heterocycles. The molecule has 3 rings (SSSR count). The van der Waals surface area contributed by atoms with Crippen LogP contribution in [0.5, 0.6) is 11.6 Å². The zero-order chi connectivity index (χ0) is 16.2. The first-order valence-electron chi connectivity index (χ1n) is 7.18. The summed E-state index contributed by atoms with van der Waals surface area (Å²) in [5.41, 5.74) is 3.45. The van der Waals surface area contributed by atoms with Crippen molar-refractivity contribution in [3.63, 3.8) is 0 Å². The van der Waals surface area contributed by atoms with Gasteiger partial charge in [0.15, 0.2) is 0 Å². The van der Waals surface area contributed by atoms with Crippen LogP contribution in [0.25, 0.3) is 11.3 Å². The second-order valence-corrected chi connectivity index (χ2v) is 5.08. The van der Waals surface area contributed by atoms with Crippen LogP contribution in [0, 0.1) is 13.8 Å². The molecule has 0 aliphatic carbocycles. The van der Waals surface area contributed by atoms with Crippen LogP contribution < -0.4 is 9.47 Å². The number of pyridine rings is 2. The minimum absolute atomic E-state index is 0.304. The average Bonchev–Trinajstić information content (AvgIpc) is 2.94. The van der Waals surface area contributed by atoms with Crippen LogP contribution in [0.3, 0.4) is 0 Å². The maximum absolute atomic E-state index is 5.75. The normalized spacial score (nSPS) is 10.6. The third-order valence-electron chi connectivity index (χ3n) is 3.48. The SMILES string of the molecule is COc1ccnc(OCc2c(-c3ccc(C)nc3)noc2C)c1. The molecule has 0 atom stereocenters. The van der Waals surface area contributed by atoms with Gasteiger partial charge in [0, 0.05) is 29.7 Å². The lowest BCUT2D eigenvalue weighted by Gasteiger charge is -2.07. The van der Waals surface area contributed by atoms with E-state index in [-0.39, 0.29) is 0 Å². The Morgan fingerprint density at radius 2 is 2.00 bits per heavy atom. The summed E-state index contributed by atoms with van der Waals surface area (Å²) in [6.07, 6.45) is 3.42. The Labute approximate surface area is 134 Å². The van der Waals surface area contributed by atoms with Gasteiger partial charge in [-0.1, -0.05) is 5.16 Å². The summed E-state index contributed by atoms with van der Waals surface area (Å²) < 4.78 is 16.2. The summed E-state index contributed by atoms with van der Waals surface area (Å²) in [6, 6.07) is 7.40. The molecule has 0 unspecified atom stereocenters. The molecule has 0 spiro atoms. The molecule has 0 radical (unpaired) electrons. The molecule has 0 saturated heterocycles. The molecular formula is C17H17N3O3. The van der Waals surface area contributed by atoms with Crippen molar-refractivity contribution in [2.45, 2.75) is 20.5 Å². The van der Waals surface area contributed by atoms with Crippen molar-refractivity contribution in [2.75, 3.05) is 7.11 Å². The average molecular weight is 311 g/mol. The lowest BCUT2D eigenvalue weighted by molar-refractivity contribution is 0.288. The van der Waals surface area contributed by atoms with E-state index in [1.54, 1.807) is 31.6 Å². The fourth-order valence-corrected chi connectivity index (χ4v) is 2.14. The third-order valence-corrected chi connectivity index (χ3v) is 3.48. The van der Waals surface area contributed by atoms with E-state index in [0.29, 0.717) is 24.0 Å². The molecule has 0 aromatic carbocycles. The van der Waals surface area contributed by atoms with Gasteiger partial charge < -0.3 is 14.0 Å². The summed E-state index contributed by atoms with van der Waals surface area (Å²) in [7, 11) is 1.60. The highest BCUT2D eigenvalue weighted by Gasteiger charge is 2.16. The van der Waals surface area contributed by atoms with E-state index in [1.165, 1.54) is 0 Å². The molecule has 0 bridgehead atoms. The number of aromatic nitrogens is 3. The van der Waals surface area contributed by atoms with E-state index in [4.69, 9.17) is 14.0 Å². The first-order valence-corrected chi connectivity index (χ1v) is 7.18. The molecular weight excluding hydrogens is 294 g/mol. The molecule has 0 aliphatic heterocycles. The van der Waals surface area contributed by atoms with E-state index < -0.39 is 0 Å². The van der Waals surface area contributed by atoms with Gasteiger partial charge in [0.05, 0.1) is 12.7 Å².